The molecule has 0 radical (unpaired) electrons. The van der Waals surface area contributed by atoms with Crippen molar-refractivity contribution in [2.45, 2.75) is 25.8 Å². The van der Waals surface area contributed by atoms with E-state index in [4.69, 9.17) is 0 Å². The van der Waals surface area contributed by atoms with Crippen LogP contribution in [0.15, 0.2) is 48.7 Å². The maximum atomic E-state index is 13.9. The number of hydrogen-bond donors (Lipinski definition) is 2. The summed E-state index contributed by atoms with van der Waals surface area (Å²) in [5.41, 5.74) is 2.89. The van der Waals surface area contributed by atoms with Crippen molar-refractivity contribution in [1.82, 2.24) is 15.1 Å². The Morgan fingerprint density at radius 1 is 1.17 bits per heavy atom. The second kappa shape index (κ2) is 7.46. The van der Waals surface area contributed by atoms with Gasteiger partial charge in [0.05, 0.1) is 6.04 Å². The van der Waals surface area contributed by atoms with Crippen LogP contribution in [0.4, 0.5) is 14.5 Å². The molecule has 1 aliphatic rings. The van der Waals surface area contributed by atoms with Crippen LogP contribution < -0.4 is 10.6 Å². The van der Waals surface area contributed by atoms with Crippen LogP contribution in [0.2, 0.25) is 0 Å². The number of aromatic nitrogens is 2. The number of fused-ring (bicyclic) bond motifs is 1. The first-order valence-corrected chi connectivity index (χ1v) is 9.15. The Kier molecular flexibility index (Phi) is 4.84. The first-order chi connectivity index (χ1) is 13.9. The molecule has 1 aromatic heterocycles. The molecule has 0 saturated carbocycles. The fraction of sp³-hybridized carbons (Fsp3) is 0.190. The lowest BCUT2D eigenvalue weighted by atomic mass is 9.98. The number of carbonyl (C=O) groups is 2. The number of carbonyl (C=O) groups excluding carboxylic acids is 2. The number of halogens is 2. The Hall–Kier alpha value is -3.55. The third-order valence-corrected chi connectivity index (χ3v) is 4.85. The van der Waals surface area contributed by atoms with Gasteiger partial charge in [-0.15, -0.1) is 0 Å². The number of amides is 2. The van der Waals surface area contributed by atoms with Crippen LogP contribution in [0.25, 0.3) is 5.69 Å². The number of aryl methyl sites for hydroxylation is 1. The van der Waals surface area contributed by atoms with E-state index >= 15 is 0 Å². The van der Waals surface area contributed by atoms with Gasteiger partial charge in [-0.2, -0.15) is 5.10 Å². The Labute approximate surface area is 165 Å². The highest BCUT2D eigenvalue weighted by atomic mass is 19.1. The highest BCUT2D eigenvalue weighted by Crippen LogP contribution is 2.26. The molecule has 0 fully saturated rings. The number of rotatable bonds is 4. The van der Waals surface area contributed by atoms with Crippen molar-refractivity contribution in [2.75, 3.05) is 5.32 Å². The van der Waals surface area contributed by atoms with E-state index in [-0.39, 0.29) is 23.3 Å². The summed E-state index contributed by atoms with van der Waals surface area (Å²) in [5, 5.41) is 9.78. The van der Waals surface area contributed by atoms with Crippen LogP contribution in [0, 0.1) is 11.6 Å². The Balaban J connectivity index is 1.48. The zero-order chi connectivity index (χ0) is 20.5. The zero-order valence-corrected chi connectivity index (χ0v) is 15.6. The second-order valence-corrected chi connectivity index (χ2v) is 6.90. The molecule has 0 spiro atoms. The third kappa shape index (κ3) is 3.87. The number of hydrogen-bond acceptors (Lipinski definition) is 3. The van der Waals surface area contributed by atoms with Gasteiger partial charge < -0.3 is 10.6 Å². The first kappa shape index (κ1) is 18.8. The maximum absolute atomic E-state index is 13.9. The monoisotopic (exact) mass is 396 g/mol. The average Bonchev–Trinajstić information content (AvgIpc) is 3.17. The van der Waals surface area contributed by atoms with Crippen molar-refractivity contribution < 1.29 is 18.4 Å². The van der Waals surface area contributed by atoms with Gasteiger partial charge in [-0.3, -0.25) is 9.59 Å². The number of nitrogens with one attached hydrogen (secondary N) is 2. The molecule has 4 rings (SSSR count). The number of nitrogens with zero attached hydrogens (tertiary/aromatic N) is 2. The van der Waals surface area contributed by atoms with Crippen LogP contribution in [0.1, 0.15) is 41.0 Å². The van der Waals surface area contributed by atoms with Crippen molar-refractivity contribution in [3.63, 3.8) is 0 Å². The molecule has 2 N–H and O–H groups in total. The van der Waals surface area contributed by atoms with Gasteiger partial charge in [0.2, 0.25) is 5.91 Å². The molecule has 3 aromatic rings. The van der Waals surface area contributed by atoms with Crippen molar-refractivity contribution in [3.8, 4) is 5.69 Å². The van der Waals surface area contributed by atoms with E-state index in [1.165, 1.54) is 23.0 Å². The molecule has 1 aliphatic heterocycles. The first-order valence-electron chi connectivity index (χ1n) is 9.15. The summed E-state index contributed by atoms with van der Waals surface area (Å²) in [5.74, 6) is -1.87. The van der Waals surface area contributed by atoms with E-state index in [1.54, 1.807) is 0 Å². The normalized spacial score (nSPS) is 14.1. The van der Waals surface area contributed by atoms with Crippen LogP contribution in [0.3, 0.4) is 0 Å². The minimum atomic E-state index is -0.769. The summed E-state index contributed by atoms with van der Waals surface area (Å²) < 4.78 is 28.2. The molecule has 0 bridgehead atoms. The van der Waals surface area contributed by atoms with Crippen LogP contribution in [-0.4, -0.2) is 21.6 Å². The smallest absolute Gasteiger partial charge is 0.272 e. The summed E-state index contributed by atoms with van der Waals surface area (Å²) in [7, 11) is 0. The molecular weight excluding hydrogens is 378 g/mol. The van der Waals surface area contributed by atoms with Crippen molar-refractivity contribution in [3.05, 3.63) is 77.1 Å². The van der Waals surface area contributed by atoms with E-state index in [1.807, 2.05) is 25.1 Å². The standard InChI is InChI=1S/C21H18F2N4O2/c1-12(13-2-5-17-14(10-13)3-7-20(28)25-17)24-21(29)18-8-9-27(26-18)19-6-4-15(22)11-16(19)23/h2,4-6,8-12H,3,7H2,1H3,(H,24,29)(H,25,28)/t12-/m1/s1. The van der Waals surface area contributed by atoms with E-state index < -0.39 is 17.5 Å². The Morgan fingerprint density at radius 2 is 2.00 bits per heavy atom. The molecule has 1 atom stereocenters. The van der Waals surface area contributed by atoms with Gasteiger partial charge in [-0.05, 0) is 48.7 Å². The van der Waals surface area contributed by atoms with E-state index in [9.17, 15) is 18.4 Å². The predicted molar refractivity (Wildman–Crippen MR) is 103 cm³/mol. The van der Waals surface area contributed by atoms with Gasteiger partial charge in [-0.25, -0.2) is 13.5 Å². The molecule has 6 nitrogen and oxygen atoms in total. The van der Waals surface area contributed by atoms with E-state index in [2.05, 4.69) is 15.7 Å². The summed E-state index contributed by atoms with van der Waals surface area (Å²) in [4.78, 5) is 24.0. The summed E-state index contributed by atoms with van der Waals surface area (Å²) in [6.07, 6.45) is 2.54. The molecule has 8 heteroatoms. The van der Waals surface area contributed by atoms with Crippen LogP contribution >= 0.6 is 0 Å². The fourth-order valence-corrected chi connectivity index (χ4v) is 3.27. The van der Waals surface area contributed by atoms with Crippen LogP contribution in [0.5, 0.6) is 0 Å². The largest absolute Gasteiger partial charge is 0.344 e. The molecule has 148 valence electrons. The number of anilines is 1. The fourth-order valence-electron chi connectivity index (χ4n) is 3.27. The van der Waals surface area contributed by atoms with Gasteiger partial charge in [-0.1, -0.05) is 12.1 Å². The second-order valence-electron chi connectivity index (χ2n) is 6.90. The summed E-state index contributed by atoms with van der Waals surface area (Å²) in [6.45, 7) is 1.84. The topological polar surface area (TPSA) is 76.0 Å². The molecule has 2 heterocycles. The van der Waals surface area contributed by atoms with Gasteiger partial charge in [0.25, 0.3) is 5.91 Å². The highest BCUT2D eigenvalue weighted by Gasteiger charge is 2.19. The quantitative estimate of drug-likeness (QED) is 0.709. The lowest BCUT2D eigenvalue weighted by Crippen LogP contribution is -2.27. The summed E-state index contributed by atoms with van der Waals surface area (Å²) >= 11 is 0. The van der Waals surface area contributed by atoms with Gasteiger partial charge in [0.1, 0.15) is 11.5 Å². The van der Waals surface area contributed by atoms with Crippen LogP contribution in [-0.2, 0) is 11.2 Å². The molecule has 0 saturated heterocycles. The maximum Gasteiger partial charge on any atom is 0.272 e. The lowest BCUT2D eigenvalue weighted by Gasteiger charge is -2.20. The van der Waals surface area contributed by atoms with E-state index in [0.29, 0.717) is 12.8 Å². The zero-order valence-electron chi connectivity index (χ0n) is 15.6. The molecular formula is C21H18F2N4O2. The lowest BCUT2D eigenvalue weighted by molar-refractivity contribution is -0.116. The SMILES string of the molecule is C[C@@H](NC(=O)c1ccn(-c2ccc(F)cc2F)n1)c1ccc2c(c1)CCC(=O)N2. The van der Waals surface area contributed by atoms with Gasteiger partial charge in [0.15, 0.2) is 11.5 Å². The Morgan fingerprint density at radius 3 is 2.79 bits per heavy atom. The van der Waals surface area contributed by atoms with Gasteiger partial charge in [0, 0.05) is 24.4 Å². The van der Waals surface area contributed by atoms with E-state index in [0.717, 1.165) is 28.9 Å². The Bertz CT molecular complexity index is 1110. The van der Waals surface area contributed by atoms with Gasteiger partial charge >= 0.3 is 0 Å². The molecule has 29 heavy (non-hydrogen) atoms. The van der Waals surface area contributed by atoms with Crippen molar-refractivity contribution in [2.24, 2.45) is 0 Å². The molecule has 2 amide bonds. The molecule has 0 aliphatic carbocycles. The minimum absolute atomic E-state index is 0.000205. The average molecular weight is 396 g/mol. The third-order valence-electron chi connectivity index (χ3n) is 4.85. The predicted octanol–water partition coefficient (Wildman–Crippen LogP) is 3.53. The summed E-state index contributed by atoms with van der Waals surface area (Å²) in [6, 6.07) is 9.96. The number of benzene rings is 2. The molecule has 0 unspecified atom stereocenters. The van der Waals surface area contributed by atoms with Crippen molar-refractivity contribution in [1.29, 1.82) is 0 Å². The molecule has 2 aromatic carbocycles. The van der Waals surface area contributed by atoms with Crippen molar-refractivity contribution >= 4 is 17.5 Å². The minimum Gasteiger partial charge on any atom is -0.344 e. The highest BCUT2D eigenvalue weighted by molar-refractivity contribution is 5.94.